The number of nitrogens with one attached hydrogen (secondary N) is 1. The van der Waals surface area contributed by atoms with Gasteiger partial charge in [-0.05, 0) is 42.9 Å². The van der Waals surface area contributed by atoms with E-state index in [1.165, 1.54) is 24.8 Å². The van der Waals surface area contributed by atoms with E-state index in [1.807, 2.05) is 18.2 Å². The van der Waals surface area contributed by atoms with Gasteiger partial charge in [0, 0.05) is 12.6 Å². The van der Waals surface area contributed by atoms with Crippen LogP contribution in [0, 0.1) is 17.2 Å². The highest BCUT2D eigenvalue weighted by Crippen LogP contribution is 2.25. The summed E-state index contributed by atoms with van der Waals surface area (Å²) < 4.78 is 5.22. The van der Waals surface area contributed by atoms with Crippen LogP contribution in [0.15, 0.2) is 18.2 Å². The maximum Gasteiger partial charge on any atom is 0.136 e. The molecule has 1 aromatic rings. The van der Waals surface area contributed by atoms with Crippen molar-refractivity contribution in [3.63, 3.8) is 0 Å². The molecule has 0 heterocycles. The van der Waals surface area contributed by atoms with Gasteiger partial charge in [-0.25, -0.2) is 0 Å². The molecule has 1 aromatic carbocycles. The molecule has 1 aliphatic rings. The maximum atomic E-state index is 8.93. The maximum absolute atomic E-state index is 8.93. The Kier molecular flexibility index (Phi) is 4.22. The van der Waals surface area contributed by atoms with Gasteiger partial charge in [0.05, 0.1) is 12.7 Å². The lowest BCUT2D eigenvalue weighted by Gasteiger charge is -2.13. The molecule has 0 radical (unpaired) electrons. The van der Waals surface area contributed by atoms with Gasteiger partial charge in [-0.1, -0.05) is 13.0 Å². The first-order valence-corrected chi connectivity index (χ1v) is 6.53. The van der Waals surface area contributed by atoms with E-state index >= 15 is 0 Å². The minimum absolute atomic E-state index is 0.593. The first kappa shape index (κ1) is 12.9. The number of rotatable bonds is 4. The van der Waals surface area contributed by atoms with Crippen molar-refractivity contribution in [2.24, 2.45) is 5.92 Å². The smallest absolute Gasteiger partial charge is 0.136 e. The van der Waals surface area contributed by atoms with Crippen LogP contribution in [0.3, 0.4) is 0 Å². The van der Waals surface area contributed by atoms with E-state index in [9.17, 15) is 0 Å². The molecule has 96 valence electrons. The second kappa shape index (κ2) is 5.88. The summed E-state index contributed by atoms with van der Waals surface area (Å²) >= 11 is 0. The number of nitriles is 1. The summed E-state index contributed by atoms with van der Waals surface area (Å²) in [6, 6.07) is 8.54. The van der Waals surface area contributed by atoms with Gasteiger partial charge in [-0.3, -0.25) is 0 Å². The van der Waals surface area contributed by atoms with Crippen LogP contribution in [0.5, 0.6) is 5.75 Å². The molecule has 2 atom stereocenters. The molecule has 1 fully saturated rings. The van der Waals surface area contributed by atoms with Crippen LogP contribution in [-0.2, 0) is 6.54 Å². The fraction of sp³-hybridized carbons (Fsp3) is 0.533. The lowest BCUT2D eigenvalue weighted by molar-refractivity contribution is 0.412. The molecular weight excluding hydrogens is 224 g/mol. The molecule has 0 spiro atoms. The van der Waals surface area contributed by atoms with Crippen molar-refractivity contribution in [3.8, 4) is 11.8 Å². The highest BCUT2D eigenvalue weighted by atomic mass is 16.5. The highest BCUT2D eigenvalue weighted by molar-refractivity contribution is 5.45. The van der Waals surface area contributed by atoms with Gasteiger partial charge >= 0.3 is 0 Å². The standard InChI is InChI=1S/C15H20N2O/c1-11-3-6-14(7-11)17-10-12-4-5-13(9-16)15(8-12)18-2/h4-5,8,11,14,17H,3,6-7,10H2,1-2H3. The molecule has 0 saturated heterocycles. The average molecular weight is 244 g/mol. The van der Waals surface area contributed by atoms with E-state index < -0.39 is 0 Å². The van der Waals surface area contributed by atoms with Crippen molar-refractivity contribution in [1.29, 1.82) is 5.26 Å². The molecule has 0 bridgehead atoms. The number of hydrogen-bond acceptors (Lipinski definition) is 3. The summed E-state index contributed by atoms with van der Waals surface area (Å²) in [7, 11) is 1.60. The highest BCUT2D eigenvalue weighted by Gasteiger charge is 2.20. The van der Waals surface area contributed by atoms with Gasteiger partial charge < -0.3 is 10.1 Å². The molecule has 3 nitrogen and oxygen atoms in total. The molecular formula is C15H20N2O. The molecule has 1 N–H and O–H groups in total. The summed E-state index contributed by atoms with van der Waals surface area (Å²) in [4.78, 5) is 0. The van der Waals surface area contributed by atoms with E-state index in [-0.39, 0.29) is 0 Å². The predicted molar refractivity (Wildman–Crippen MR) is 71.4 cm³/mol. The average Bonchev–Trinajstić information content (AvgIpc) is 2.81. The van der Waals surface area contributed by atoms with Crippen molar-refractivity contribution in [2.45, 2.75) is 38.8 Å². The first-order valence-electron chi connectivity index (χ1n) is 6.53. The van der Waals surface area contributed by atoms with Crippen LogP contribution in [0.4, 0.5) is 0 Å². The van der Waals surface area contributed by atoms with Crippen molar-refractivity contribution >= 4 is 0 Å². The van der Waals surface area contributed by atoms with Crippen molar-refractivity contribution in [3.05, 3.63) is 29.3 Å². The zero-order valence-electron chi connectivity index (χ0n) is 11.1. The van der Waals surface area contributed by atoms with E-state index in [0.29, 0.717) is 17.4 Å². The van der Waals surface area contributed by atoms with Crippen LogP contribution in [0.1, 0.15) is 37.3 Å². The third-order valence-electron chi connectivity index (χ3n) is 3.68. The molecule has 1 aliphatic carbocycles. The Hall–Kier alpha value is -1.53. The van der Waals surface area contributed by atoms with Crippen LogP contribution < -0.4 is 10.1 Å². The van der Waals surface area contributed by atoms with Gasteiger partial charge in [-0.15, -0.1) is 0 Å². The van der Waals surface area contributed by atoms with Gasteiger partial charge in [-0.2, -0.15) is 5.26 Å². The number of hydrogen-bond donors (Lipinski definition) is 1. The third kappa shape index (κ3) is 3.02. The van der Waals surface area contributed by atoms with E-state index in [4.69, 9.17) is 10.00 Å². The van der Waals surface area contributed by atoms with Crippen molar-refractivity contribution in [1.82, 2.24) is 5.32 Å². The fourth-order valence-electron chi connectivity index (χ4n) is 2.59. The predicted octanol–water partition coefficient (Wildman–Crippen LogP) is 2.85. The Morgan fingerprint density at radius 3 is 2.89 bits per heavy atom. The van der Waals surface area contributed by atoms with Gasteiger partial charge in [0.25, 0.3) is 0 Å². The van der Waals surface area contributed by atoms with Crippen LogP contribution in [0.25, 0.3) is 0 Å². The van der Waals surface area contributed by atoms with Crippen LogP contribution >= 0.6 is 0 Å². The fourth-order valence-corrected chi connectivity index (χ4v) is 2.59. The Bertz CT molecular complexity index is 450. The SMILES string of the molecule is COc1cc(CNC2CCC(C)C2)ccc1C#N. The summed E-state index contributed by atoms with van der Waals surface area (Å²) in [5.74, 6) is 1.51. The van der Waals surface area contributed by atoms with E-state index in [2.05, 4.69) is 18.3 Å². The zero-order chi connectivity index (χ0) is 13.0. The topological polar surface area (TPSA) is 45.0 Å². The summed E-state index contributed by atoms with van der Waals surface area (Å²) in [5, 5.41) is 12.5. The quantitative estimate of drug-likeness (QED) is 0.885. The minimum atomic E-state index is 0.593. The van der Waals surface area contributed by atoms with Gasteiger partial charge in [0.1, 0.15) is 11.8 Å². The largest absolute Gasteiger partial charge is 0.495 e. The van der Waals surface area contributed by atoms with Crippen LogP contribution in [-0.4, -0.2) is 13.2 Å². The Morgan fingerprint density at radius 2 is 2.28 bits per heavy atom. The van der Waals surface area contributed by atoms with E-state index in [1.54, 1.807) is 7.11 Å². The monoisotopic (exact) mass is 244 g/mol. The second-order valence-electron chi connectivity index (χ2n) is 5.14. The first-order chi connectivity index (χ1) is 8.72. The molecule has 2 unspecified atom stereocenters. The van der Waals surface area contributed by atoms with Gasteiger partial charge in [0.2, 0.25) is 0 Å². The summed E-state index contributed by atoms with van der Waals surface area (Å²) in [6.45, 7) is 3.16. The molecule has 0 aromatic heterocycles. The van der Waals surface area contributed by atoms with Crippen LogP contribution in [0.2, 0.25) is 0 Å². The second-order valence-corrected chi connectivity index (χ2v) is 5.14. The summed E-state index contributed by atoms with van der Waals surface area (Å²) in [6.07, 6.45) is 3.87. The molecule has 2 rings (SSSR count). The molecule has 1 saturated carbocycles. The number of ether oxygens (including phenoxy) is 1. The molecule has 3 heteroatoms. The minimum Gasteiger partial charge on any atom is -0.495 e. The third-order valence-corrected chi connectivity index (χ3v) is 3.68. The van der Waals surface area contributed by atoms with E-state index in [0.717, 1.165) is 12.5 Å². The lowest BCUT2D eigenvalue weighted by atomic mass is 10.1. The molecule has 18 heavy (non-hydrogen) atoms. The lowest BCUT2D eigenvalue weighted by Crippen LogP contribution is -2.25. The normalized spacial score (nSPS) is 22.7. The summed E-state index contributed by atoms with van der Waals surface area (Å²) in [5.41, 5.74) is 1.76. The molecule has 0 aliphatic heterocycles. The number of methoxy groups -OCH3 is 1. The Balaban J connectivity index is 1.95. The van der Waals surface area contributed by atoms with Crippen molar-refractivity contribution in [2.75, 3.05) is 7.11 Å². The Morgan fingerprint density at radius 1 is 1.44 bits per heavy atom. The molecule has 0 amide bonds. The number of nitrogens with zero attached hydrogens (tertiary/aromatic N) is 1. The zero-order valence-corrected chi connectivity index (χ0v) is 11.1. The van der Waals surface area contributed by atoms with Crippen molar-refractivity contribution < 1.29 is 4.74 Å². The number of benzene rings is 1. The van der Waals surface area contributed by atoms with Gasteiger partial charge in [0.15, 0.2) is 0 Å². The Labute approximate surface area is 109 Å².